The SMILES string of the molecule is O=C(c1ccc(Cl)cc1)N1N=C(C2CCCCC2)C[C@]1(O)C(F)(F)F. The van der Waals surface area contributed by atoms with Crippen LogP contribution < -0.4 is 0 Å². The summed E-state index contributed by atoms with van der Waals surface area (Å²) in [6.45, 7) is 0. The molecule has 1 aliphatic heterocycles. The van der Waals surface area contributed by atoms with Crippen molar-refractivity contribution in [3.8, 4) is 0 Å². The molecular formula is C17H18ClF3N2O2. The Morgan fingerprint density at radius 3 is 2.36 bits per heavy atom. The predicted molar refractivity (Wildman–Crippen MR) is 87.3 cm³/mol. The fraction of sp³-hybridized carbons (Fsp3) is 0.529. The first-order valence-electron chi connectivity index (χ1n) is 8.19. The van der Waals surface area contributed by atoms with Gasteiger partial charge in [-0.2, -0.15) is 23.3 Å². The standard InChI is InChI=1S/C17H18ClF3N2O2/c18-13-8-6-12(7-9-13)15(24)23-16(25,17(19,20)21)10-14(22-23)11-4-2-1-3-5-11/h6-9,11,25H,1-5,10H2/t16-/m0/s1. The Bertz CT molecular complexity index is 684. The first-order valence-corrected chi connectivity index (χ1v) is 8.57. The van der Waals surface area contributed by atoms with Gasteiger partial charge in [0.2, 0.25) is 0 Å². The van der Waals surface area contributed by atoms with E-state index in [1.54, 1.807) is 0 Å². The number of hydrogen-bond acceptors (Lipinski definition) is 3. The maximum atomic E-state index is 13.5. The van der Waals surface area contributed by atoms with E-state index in [0.29, 0.717) is 5.02 Å². The van der Waals surface area contributed by atoms with E-state index >= 15 is 0 Å². The minimum Gasteiger partial charge on any atom is -0.362 e. The molecule has 1 N–H and O–H groups in total. The van der Waals surface area contributed by atoms with E-state index in [-0.39, 0.29) is 22.2 Å². The lowest BCUT2D eigenvalue weighted by Gasteiger charge is -2.32. The largest absolute Gasteiger partial charge is 0.438 e. The quantitative estimate of drug-likeness (QED) is 0.835. The zero-order valence-electron chi connectivity index (χ0n) is 13.4. The lowest BCUT2D eigenvalue weighted by atomic mass is 9.83. The third-order valence-corrected chi connectivity index (χ3v) is 5.07. The molecule has 1 heterocycles. The molecule has 0 spiro atoms. The first-order chi connectivity index (χ1) is 11.7. The molecule has 1 aromatic carbocycles. The number of carbonyl (C=O) groups is 1. The number of rotatable bonds is 2. The first kappa shape index (κ1) is 18.2. The Morgan fingerprint density at radius 1 is 1.20 bits per heavy atom. The van der Waals surface area contributed by atoms with Gasteiger partial charge in [-0.25, -0.2) is 0 Å². The molecule has 136 valence electrons. The van der Waals surface area contributed by atoms with Crippen molar-refractivity contribution in [1.82, 2.24) is 5.01 Å². The molecule has 8 heteroatoms. The van der Waals surface area contributed by atoms with Crippen LogP contribution in [0.1, 0.15) is 48.9 Å². The van der Waals surface area contributed by atoms with Gasteiger partial charge in [0.15, 0.2) is 0 Å². The van der Waals surface area contributed by atoms with Crippen molar-refractivity contribution in [2.75, 3.05) is 0 Å². The van der Waals surface area contributed by atoms with Crippen LogP contribution in [-0.4, -0.2) is 33.6 Å². The summed E-state index contributed by atoms with van der Waals surface area (Å²) in [6.07, 6.45) is -1.36. The Labute approximate surface area is 148 Å². The van der Waals surface area contributed by atoms with Crippen LogP contribution in [0.5, 0.6) is 0 Å². The van der Waals surface area contributed by atoms with Crippen molar-refractivity contribution >= 4 is 23.2 Å². The smallest absolute Gasteiger partial charge is 0.362 e. The van der Waals surface area contributed by atoms with Crippen LogP contribution in [0.4, 0.5) is 13.2 Å². The van der Waals surface area contributed by atoms with Crippen LogP contribution in [0.15, 0.2) is 29.4 Å². The number of halogens is 4. The summed E-state index contributed by atoms with van der Waals surface area (Å²) in [5.41, 5.74) is -3.07. The summed E-state index contributed by atoms with van der Waals surface area (Å²) in [5, 5.41) is 14.8. The molecule has 0 unspecified atom stereocenters. The maximum Gasteiger partial charge on any atom is 0.438 e. The zero-order valence-corrected chi connectivity index (χ0v) is 14.1. The van der Waals surface area contributed by atoms with Crippen molar-refractivity contribution < 1.29 is 23.1 Å². The van der Waals surface area contributed by atoms with Gasteiger partial charge in [-0.15, -0.1) is 0 Å². The minimum atomic E-state index is -5.00. The summed E-state index contributed by atoms with van der Waals surface area (Å²) in [7, 11) is 0. The number of benzene rings is 1. The Balaban J connectivity index is 1.94. The van der Waals surface area contributed by atoms with Crippen LogP contribution in [0, 0.1) is 5.92 Å². The number of hydrazone groups is 1. The normalized spacial score (nSPS) is 25.2. The highest BCUT2D eigenvalue weighted by atomic mass is 35.5. The summed E-state index contributed by atoms with van der Waals surface area (Å²) in [4.78, 5) is 12.6. The third kappa shape index (κ3) is 3.40. The number of hydrogen-bond donors (Lipinski definition) is 1. The monoisotopic (exact) mass is 374 g/mol. The molecule has 0 saturated heterocycles. The summed E-state index contributed by atoms with van der Waals surface area (Å²) >= 11 is 5.75. The average Bonchev–Trinajstić information content (AvgIpc) is 2.95. The lowest BCUT2D eigenvalue weighted by molar-refractivity contribution is -0.297. The minimum absolute atomic E-state index is 0.0132. The van der Waals surface area contributed by atoms with E-state index in [9.17, 15) is 23.1 Å². The van der Waals surface area contributed by atoms with E-state index in [2.05, 4.69) is 5.10 Å². The van der Waals surface area contributed by atoms with Gasteiger partial charge in [-0.3, -0.25) is 4.79 Å². The summed E-state index contributed by atoms with van der Waals surface area (Å²) in [5.74, 6) is -1.12. The molecule has 1 atom stereocenters. The van der Waals surface area contributed by atoms with Gasteiger partial charge in [-0.05, 0) is 43.0 Å². The zero-order chi connectivity index (χ0) is 18.2. The molecule has 0 bridgehead atoms. The van der Waals surface area contributed by atoms with Crippen LogP contribution >= 0.6 is 11.6 Å². The van der Waals surface area contributed by atoms with Gasteiger partial charge in [0.05, 0.1) is 0 Å². The molecule has 25 heavy (non-hydrogen) atoms. The molecule has 3 rings (SSSR count). The van der Waals surface area contributed by atoms with Crippen LogP contribution in [-0.2, 0) is 0 Å². The second-order valence-electron chi connectivity index (χ2n) is 6.54. The number of nitrogens with zero attached hydrogens (tertiary/aromatic N) is 2. The molecule has 1 aromatic rings. The lowest BCUT2D eigenvalue weighted by Crippen LogP contribution is -2.56. The molecule has 1 aliphatic carbocycles. The van der Waals surface area contributed by atoms with Gasteiger partial charge in [0.25, 0.3) is 11.6 Å². The third-order valence-electron chi connectivity index (χ3n) is 4.82. The molecule has 4 nitrogen and oxygen atoms in total. The molecule has 1 fully saturated rings. The van der Waals surface area contributed by atoms with E-state index in [0.717, 1.165) is 32.1 Å². The summed E-state index contributed by atoms with van der Waals surface area (Å²) < 4.78 is 40.6. The highest BCUT2D eigenvalue weighted by Gasteiger charge is 2.63. The van der Waals surface area contributed by atoms with E-state index in [1.807, 2.05) is 0 Å². The highest BCUT2D eigenvalue weighted by Crippen LogP contribution is 2.43. The van der Waals surface area contributed by atoms with Gasteiger partial charge in [0.1, 0.15) is 0 Å². The molecule has 0 aromatic heterocycles. The molecule has 2 aliphatic rings. The summed E-state index contributed by atoms with van der Waals surface area (Å²) in [6, 6.07) is 5.44. The van der Waals surface area contributed by atoms with Crippen molar-refractivity contribution in [3.63, 3.8) is 0 Å². The van der Waals surface area contributed by atoms with E-state index in [1.165, 1.54) is 24.3 Å². The van der Waals surface area contributed by atoms with E-state index < -0.39 is 24.2 Å². The number of alkyl halides is 3. The molecule has 1 amide bonds. The van der Waals surface area contributed by atoms with Crippen molar-refractivity contribution in [2.24, 2.45) is 11.0 Å². The molecule has 1 saturated carbocycles. The van der Waals surface area contributed by atoms with Crippen molar-refractivity contribution in [2.45, 2.75) is 50.4 Å². The Kier molecular flexibility index (Phi) is 4.81. The fourth-order valence-corrected chi connectivity index (χ4v) is 3.51. The topological polar surface area (TPSA) is 52.9 Å². The number of aliphatic hydroxyl groups is 1. The van der Waals surface area contributed by atoms with Gasteiger partial charge < -0.3 is 5.11 Å². The highest BCUT2D eigenvalue weighted by molar-refractivity contribution is 6.30. The second kappa shape index (κ2) is 6.61. The fourth-order valence-electron chi connectivity index (χ4n) is 3.38. The molecule has 0 radical (unpaired) electrons. The van der Waals surface area contributed by atoms with Crippen molar-refractivity contribution in [3.05, 3.63) is 34.9 Å². The van der Waals surface area contributed by atoms with Gasteiger partial charge in [0, 0.05) is 22.7 Å². The van der Waals surface area contributed by atoms with Crippen LogP contribution in [0.3, 0.4) is 0 Å². The number of carbonyl (C=O) groups excluding carboxylic acids is 1. The van der Waals surface area contributed by atoms with Gasteiger partial charge in [-0.1, -0.05) is 30.9 Å². The average molecular weight is 375 g/mol. The van der Waals surface area contributed by atoms with Crippen LogP contribution in [0.2, 0.25) is 5.02 Å². The number of amides is 1. The Morgan fingerprint density at radius 2 is 1.80 bits per heavy atom. The molecular weight excluding hydrogens is 357 g/mol. The second-order valence-corrected chi connectivity index (χ2v) is 6.98. The Hall–Kier alpha value is -1.60. The van der Waals surface area contributed by atoms with E-state index in [4.69, 9.17) is 11.6 Å². The predicted octanol–water partition coefficient (Wildman–Crippen LogP) is 4.37. The van der Waals surface area contributed by atoms with Crippen LogP contribution in [0.25, 0.3) is 0 Å². The maximum absolute atomic E-state index is 13.5. The van der Waals surface area contributed by atoms with Gasteiger partial charge >= 0.3 is 6.18 Å². The van der Waals surface area contributed by atoms with Crippen molar-refractivity contribution in [1.29, 1.82) is 0 Å².